The minimum Gasteiger partial charge on any atom is -0.317 e. The van der Waals surface area contributed by atoms with Crippen LogP contribution in [0.4, 0.5) is 0 Å². The lowest BCUT2D eigenvalue weighted by Gasteiger charge is -2.00. The summed E-state index contributed by atoms with van der Waals surface area (Å²) in [4.78, 5) is 0. The summed E-state index contributed by atoms with van der Waals surface area (Å²) in [6.45, 7) is 6.18. The molecule has 1 aliphatic carbocycles. The summed E-state index contributed by atoms with van der Waals surface area (Å²) in [5.41, 5.74) is 0. The molecular formula is C9H18N. The molecule has 0 aromatic rings. The summed E-state index contributed by atoms with van der Waals surface area (Å²) in [5.74, 6) is 1.08. The summed E-state index contributed by atoms with van der Waals surface area (Å²) in [6.07, 6.45) is 6.66. The van der Waals surface area contributed by atoms with Crippen molar-refractivity contribution in [1.82, 2.24) is 5.32 Å². The Hall–Kier alpha value is -0.0400. The number of unbranched alkanes of at least 4 members (excludes halogenated alkanes) is 1. The first-order valence-electron chi connectivity index (χ1n) is 4.43. The van der Waals surface area contributed by atoms with Crippen molar-refractivity contribution in [2.24, 2.45) is 5.92 Å². The van der Waals surface area contributed by atoms with Gasteiger partial charge in [-0.15, -0.1) is 0 Å². The second kappa shape index (κ2) is 4.73. The van der Waals surface area contributed by atoms with E-state index >= 15 is 0 Å². The van der Waals surface area contributed by atoms with Crippen molar-refractivity contribution in [3.8, 4) is 0 Å². The van der Waals surface area contributed by atoms with Gasteiger partial charge in [-0.2, -0.15) is 0 Å². The maximum atomic E-state index is 3.79. The van der Waals surface area contributed by atoms with Crippen molar-refractivity contribution < 1.29 is 0 Å². The third kappa shape index (κ3) is 3.89. The van der Waals surface area contributed by atoms with Crippen molar-refractivity contribution in [3.05, 3.63) is 6.92 Å². The summed E-state index contributed by atoms with van der Waals surface area (Å²) < 4.78 is 0. The molecule has 1 fully saturated rings. The largest absolute Gasteiger partial charge is 0.317 e. The van der Waals surface area contributed by atoms with Gasteiger partial charge in [0.2, 0.25) is 0 Å². The van der Waals surface area contributed by atoms with Crippen LogP contribution in [-0.4, -0.2) is 13.1 Å². The van der Waals surface area contributed by atoms with Crippen LogP contribution in [0, 0.1) is 12.8 Å². The SMILES string of the molecule is [CH2]CCCNCCC1CC1. The lowest BCUT2D eigenvalue weighted by Crippen LogP contribution is -2.16. The molecule has 1 nitrogen and oxygen atoms in total. The lowest BCUT2D eigenvalue weighted by molar-refractivity contribution is 0.598. The molecule has 0 spiro atoms. The van der Waals surface area contributed by atoms with E-state index in [1.54, 1.807) is 0 Å². The monoisotopic (exact) mass is 140 g/mol. The highest BCUT2D eigenvalue weighted by molar-refractivity contribution is 4.73. The van der Waals surface area contributed by atoms with E-state index in [0.29, 0.717) is 0 Å². The molecule has 0 heterocycles. The van der Waals surface area contributed by atoms with Crippen LogP contribution in [0.3, 0.4) is 0 Å². The van der Waals surface area contributed by atoms with Gasteiger partial charge in [0.1, 0.15) is 0 Å². The molecule has 0 bridgehead atoms. The first kappa shape index (κ1) is 8.06. The number of hydrogen-bond donors (Lipinski definition) is 1. The normalized spacial score (nSPS) is 17.7. The molecule has 1 N–H and O–H groups in total. The maximum Gasteiger partial charge on any atom is -0.00463 e. The molecule has 0 unspecified atom stereocenters. The molecule has 1 rings (SSSR count). The summed E-state index contributed by atoms with van der Waals surface area (Å²) in [5, 5.41) is 3.42. The third-order valence-corrected chi connectivity index (χ3v) is 2.03. The lowest BCUT2D eigenvalue weighted by atomic mass is 10.3. The fourth-order valence-corrected chi connectivity index (χ4v) is 1.09. The summed E-state index contributed by atoms with van der Waals surface area (Å²) in [6, 6.07) is 0. The fraction of sp³-hybridized carbons (Fsp3) is 0.889. The van der Waals surface area contributed by atoms with Crippen molar-refractivity contribution in [2.45, 2.75) is 32.1 Å². The molecule has 10 heavy (non-hydrogen) atoms. The van der Waals surface area contributed by atoms with E-state index < -0.39 is 0 Å². The molecule has 0 aromatic carbocycles. The van der Waals surface area contributed by atoms with Gasteiger partial charge >= 0.3 is 0 Å². The van der Waals surface area contributed by atoms with Gasteiger partial charge in [0.25, 0.3) is 0 Å². The van der Waals surface area contributed by atoms with Crippen LogP contribution in [0.1, 0.15) is 32.1 Å². The molecule has 0 saturated heterocycles. The minimum absolute atomic E-state index is 1.07. The Kier molecular flexibility index (Phi) is 3.81. The highest BCUT2D eigenvalue weighted by Crippen LogP contribution is 2.31. The first-order chi connectivity index (χ1) is 4.93. The zero-order valence-corrected chi connectivity index (χ0v) is 6.73. The second-order valence-electron chi connectivity index (χ2n) is 3.19. The quantitative estimate of drug-likeness (QED) is 0.556. The van der Waals surface area contributed by atoms with E-state index in [0.717, 1.165) is 18.9 Å². The Bertz CT molecular complexity index is 76.8. The molecule has 0 aliphatic heterocycles. The van der Waals surface area contributed by atoms with E-state index in [1.807, 2.05) is 0 Å². The van der Waals surface area contributed by atoms with Crippen LogP contribution < -0.4 is 5.32 Å². The van der Waals surface area contributed by atoms with E-state index in [-0.39, 0.29) is 0 Å². The Labute approximate surface area is 64.2 Å². The Morgan fingerprint density at radius 3 is 2.70 bits per heavy atom. The van der Waals surface area contributed by atoms with Gasteiger partial charge in [-0.1, -0.05) is 26.2 Å². The highest BCUT2D eigenvalue weighted by atomic mass is 14.8. The van der Waals surface area contributed by atoms with Crippen LogP contribution in [0.25, 0.3) is 0 Å². The average molecular weight is 140 g/mol. The molecule has 1 radical (unpaired) electrons. The Balaban J connectivity index is 1.68. The molecule has 1 heteroatoms. The van der Waals surface area contributed by atoms with E-state index in [9.17, 15) is 0 Å². The maximum absolute atomic E-state index is 3.79. The number of rotatable bonds is 6. The van der Waals surface area contributed by atoms with Gasteiger partial charge in [-0.3, -0.25) is 0 Å². The molecule has 59 valence electrons. The van der Waals surface area contributed by atoms with Gasteiger partial charge in [-0.05, 0) is 31.8 Å². The highest BCUT2D eigenvalue weighted by Gasteiger charge is 2.19. The molecule has 1 aliphatic rings. The van der Waals surface area contributed by atoms with E-state index in [1.165, 1.54) is 32.2 Å². The molecule has 0 amide bonds. The molecule has 1 saturated carbocycles. The zero-order chi connectivity index (χ0) is 7.23. The second-order valence-corrected chi connectivity index (χ2v) is 3.19. The van der Waals surface area contributed by atoms with Gasteiger partial charge in [-0.25, -0.2) is 0 Å². The molecule has 0 atom stereocenters. The standard InChI is InChI=1S/C9H18N/c1-2-3-7-10-8-6-9-4-5-9/h9-10H,1-8H2. The van der Waals surface area contributed by atoms with Crippen molar-refractivity contribution in [3.63, 3.8) is 0 Å². The number of hydrogen-bond acceptors (Lipinski definition) is 1. The van der Waals surface area contributed by atoms with Crippen LogP contribution in [0.5, 0.6) is 0 Å². The zero-order valence-electron chi connectivity index (χ0n) is 6.73. The van der Waals surface area contributed by atoms with Gasteiger partial charge in [0, 0.05) is 0 Å². The van der Waals surface area contributed by atoms with E-state index in [4.69, 9.17) is 0 Å². The Morgan fingerprint density at radius 1 is 1.30 bits per heavy atom. The van der Waals surface area contributed by atoms with Crippen LogP contribution in [0.15, 0.2) is 0 Å². The van der Waals surface area contributed by atoms with Crippen LogP contribution in [0.2, 0.25) is 0 Å². The van der Waals surface area contributed by atoms with Crippen molar-refractivity contribution >= 4 is 0 Å². The minimum atomic E-state index is 1.07. The average Bonchev–Trinajstić information content (AvgIpc) is 2.71. The van der Waals surface area contributed by atoms with Gasteiger partial charge < -0.3 is 5.32 Å². The Morgan fingerprint density at radius 2 is 2.10 bits per heavy atom. The van der Waals surface area contributed by atoms with Gasteiger partial charge in [0.15, 0.2) is 0 Å². The van der Waals surface area contributed by atoms with Crippen LogP contribution >= 0.6 is 0 Å². The number of nitrogens with one attached hydrogen (secondary N) is 1. The van der Waals surface area contributed by atoms with Gasteiger partial charge in [0.05, 0.1) is 0 Å². The first-order valence-corrected chi connectivity index (χ1v) is 4.43. The molecular weight excluding hydrogens is 122 g/mol. The summed E-state index contributed by atoms with van der Waals surface area (Å²) in [7, 11) is 0. The van der Waals surface area contributed by atoms with E-state index in [2.05, 4.69) is 12.2 Å². The third-order valence-electron chi connectivity index (χ3n) is 2.03. The molecule has 0 aromatic heterocycles. The fourth-order valence-electron chi connectivity index (χ4n) is 1.09. The van der Waals surface area contributed by atoms with Crippen LogP contribution in [-0.2, 0) is 0 Å². The van der Waals surface area contributed by atoms with Crippen molar-refractivity contribution in [2.75, 3.05) is 13.1 Å². The smallest absolute Gasteiger partial charge is 0.00463 e. The predicted octanol–water partition coefficient (Wildman–Crippen LogP) is 1.99. The predicted molar refractivity (Wildman–Crippen MR) is 44.8 cm³/mol. The topological polar surface area (TPSA) is 12.0 Å². The van der Waals surface area contributed by atoms with Crippen molar-refractivity contribution in [1.29, 1.82) is 0 Å². The summed E-state index contributed by atoms with van der Waals surface area (Å²) >= 11 is 0.